The fraction of sp³-hybridized carbons (Fsp3) is 0.722. The van der Waals surface area contributed by atoms with Crippen molar-refractivity contribution >= 4 is 39.7 Å². The van der Waals surface area contributed by atoms with Crippen molar-refractivity contribution in [2.24, 2.45) is 0 Å². The van der Waals surface area contributed by atoms with Gasteiger partial charge >= 0.3 is 17.1 Å². The van der Waals surface area contributed by atoms with E-state index >= 15 is 0 Å². The summed E-state index contributed by atoms with van der Waals surface area (Å²) in [4.78, 5) is 11.7. The summed E-state index contributed by atoms with van der Waals surface area (Å²) in [5.74, 6) is -0.0307. The fourth-order valence-electron chi connectivity index (χ4n) is 2.90. The Hall–Kier alpha value is -0.342. The molecular formula is C18H41NO5Si4. The third-order valence-electron chi connectivity index (χ3n) is 4.12. The van der Waals surface area contributed by atoms with Gasteiger partial charge in [-0.1, -0.05) is 11.4 Å². The predicted molar refractivity (Wildman–Crippen MR) is 126 cm³/mol. The first-order valence-corrected chi connectivity index (χ1v) is 21.3. The molecule has 0 aliphatic rings. The predicted octanol–water partition coefficient (Wildman–Crippen LogP) is 3.95. The van der Waals surface area contributed by atoms with E-state index in [9.17, 15) is 4.79 Å². The average molecular weight is 464 g/mol. The molecule has 1 amide bonds. The minimum atomic E-state index is -2.53. The largest absolute Gasteiger partial charge is 0.433 e. The molecular weight excluding hydrogens is 423 g/mol. The lowest BCUT2D eigenvalue weighted by atomic mass is 10.3. The zero-order valence-electron chi connectivity index (χ0n) is 18.9. The van der Waals surface area contributed by atoms with Crippen molar-refractivity contribution in [3.05, 3.63) is 24.6 Å². The quantitative estimate of drug-likeness (QED) is 0.284. The summed E-state index contributed by atoms with van der Waals surface area (Å²) < 4.78 is 19.6. The van der Waals surface area contributed by atoms with Gasteiger partial charge in [0, 0.05) is 19.6 Å². The Morgan fingerprint density at radius 2 is 1.46 bits per heavy atom. The summed E-state index contributed by atoms with van der Waals surface area (Å²) in [6, 6.07) is 0.771. The molecule has 0 aromatic rings. The molecule has 0 heterocycles. The Labute approximate surface area is 176 Å². The van der Waals surface area contributed by atoms with Crippen molar-refractivity contribution in [3.8, 4) is 0 Å². The van der Waals surface area contributed by atoms with Gasteiger partial charge in [-0.05, 0) is 64.7 Å². The smallest absolute Gasteiger partial charge is 0.316 e. The van der Waals surface area contributed by atoms with Gasteiger partial charge in [-0.2, -0.15) is 0 Å². The molecule has 0 radical (unpaired) electrons. The van der Waals surface area contributed by atoms with Gasteiger partial charge < -0.3 is 22.8 Å². The number of hydrogen-bond acceptors (Lipinski definition) is 5. The van der Waals surface area contributed by atoms with Crippen LogP contribution < -0.4 is 5.32 Å². The monoisotopic (exact) mass is 463 g/mol. The van der Waals surface area contributed by atoms with Crippen molar-refractivity contribution in [2.75, 3.05) is 13.2 Å². The molecule has 1 unspecified atom stereocenters. The Morgan fingerprint density at radius 1 is 0.929 bits per heavy atom. The molecule has 6 nitrogen and oxygen atoms in total. The maximum Gasteiger partial charge on any atom is 0.316 e. The number of nitrogens with one attached hydrogen (secondary N) is 1. The van der Waals surface area contributed by atoms with Crippen LogP contribution in [0.25, 0.3) is 0 Å². The molecule has 28 heavy (non-hydrogen) atoms. The molecule has 2 N–H and O–H groups in total. The highest BCUT2D eigenvalue weighted by Gasteiger charge is 2.44. The molecule has 0 fully saturated rings. The van der Waals surface area contributed by atoms with Gasteiger partial charge in [0.25, 0.3) is 0 Å². The lowest BCUT2D eigenvalue weighted by Crippen LogP contribution is -2.57. The van der Waals surface area contributed by atoms with E-state index in [1.165, 1.54) is 0 Å². The zero-order valence-corrected chi connectivity index (χ0v) is 22.9. The first kappa shape index (κ1) is 27.7. The molecule has 0 rings (SSSR count). The minimum Gasteiger partial charge on any atom is -0.433 e. The molecule has 10 heteroatoms. The lowest BCUT2D eigenvalue weighted by Gasteiger charge is -2.41. The standard InChI is InChI=1S/C18H41NO5Si4/c1-10-25(3,4)22-27(7,8)24-28(9,23-26(5,6)11-2)17-13-15-19-18(21)14-12-16-20/h10-11,20H,1-2,12-17H2,3-9H3,(H,19,21). The summed E-state index contributed by atoms with van der Waals surface area (Å²) in [5, 5.41) is 11.7. The maximum absolute atomic E-state index is 11.7. The van der Waals surface area contributed by atoms with Crippen molar-refractivity contribution in [3.63, 3.8) is 0 Å². The number of carbonyl (C=O) groups excluding carboxylic acids is 1. The van der Waals surface area contributed by atoms with Crippen molar-refractivity contribution in [1.82, 2.24) is 5.32 Å². The van der Waals surface area contributed by atoms with Crippen molar-refractivity contribution in [2.45, 2.75) is 71.1 Å². The highest BCUT2D eigenvalue weighted by molar-refractivity contribution is 6.91. The third kappa shape index (κ3) is 12.3. The Bertz CT molecular complexity index is 528. The van der Waals surface area contributed by atoms with Gasteiger partial charge in [0.05, 0.1) is 0 Å². The van der Waals surface area contributed by atoms with E-state index in [0.29, 0.717) is 19.4 Å². The first-order chi connectivity index (χ1) is 12.7. The van der Waals surface area contributed by atoms with Crippen molar-refractivity contribution in [1.29, 1.82) is 0 Å². The van der Waals surface area contributed by atoms with Crippen LogP contribution in [-0.2, 0) is 17.1 Å². The molecule has 0 aromatic carbocycles. The molecule has 0 aliphatic heterocycles. The number of amides is 1. The average Bonchev–Trinajstić information content (AvgIpc) is 2.54. The van der Waals surface area contributed by atoms with Gasteiger partial charge in [-0.15, -0.1) is 13.2 Å². The highest BCUT2D eigenvalue weighted by atomic mass is 28.5. The zero-order chi connectivity index (χ0) is 22.1. The Balaban J connectivity index is 5.05. The highest BCUT2D eigenvalue weighted by Crippen LogP contribution is 2.28. The Kier molecular flexibility index (Phi) is 11.6. The second kappa shape index (κ2) is 11.7. The molecule has 1 atom stereocenters. The number of carbonyl (C=O) groups is 1. The maximum atomic E-state index is 11.7. The molecule has 0 aliphatic carbocycles. The van der Waals surface area contributed by atoms with Crippen molar-refractivity contribution < 1.29 is 22.2 Å². The van der Waals surface area contributed by atoms with E-state index in [4.69, 9.17) is 17.5 Å². The summed E-state index contributed by atoms with van der Waals surface area (Å²) in [7, 11) is -8.93. The van der Waals surface area contributed by atoms with Gasteiger partial charge in [0.2, 0.25) is 5.91 Å². The molecule has 164 valence electrons. The van der Waals surface area contributed by atoms with E-state index < -0.39 is 33.8 Å². The SMILES string of the molecule is C=C[Si](C)(C)O[Si](C)(C)O[Si](C)(CCCNC(=O)CCCO)O[Si](C)(C)C=C. The number of hydrogen-bond donors (Lipinski definition) is 2. The van der Waals surface area contributed by atoms with Crippen LogP contribution in [0.5, 0.6) is 0 Å². The van der Waals surface area contributed by atoms with Gasteiger partial charge in [-0.25, -0.2) is 0 Å². The Morgan fingerprint density at radius 3 is 1.96 bits per heavy atom. The molecule has 0 bridgehead atoms. The summed E-state index contributed by atoms with van der Waals surface area (Å²) >= 11 is 0. The van der Waals surface area contributed by atoms with E-state index in [2.05, 4.69) is 64.3 Å². The van der Waals surface area contributed by atoms with E-state index in [1.807, 2.05) is 11.4 Å². The van der Waals surface area contributed by atoms with Crippen LogP contribution in [0, 0.1) is 0 Å². The summed E-state index contributed by atoms with van der Waals surface area (Å²) in [5.41, 5.74) is 3.85. The van der Waals surface area contributed by atoms with Crippen LogP contribution in [-0.4, -0.2) is 57.9 Å². The van der Waals surface area contributed by atoms with Gasteiger partial charge in [-0.3, -0.25) is 4.79 Å². The molecule has 0 saturated heterocycles. The summed E-state index contributed by atoms with van der Waals surface area (Å²) in [6.07, 6.45) is 1.62. The third-order valence-corrected chi connectivity index (χ3v) is 18.9. The van der Waals surface area contributed by atoms with Gasteiger partial charge in [0.1, 0.15) is 0 Å². The fourth-order valence-corrected chi connectivity index (χ4v) is 20.0. The lowest BCUT2D eigenvalue weighted by molar-refractivity contribution is -0.121. The topological polar surface area (TPSA) is 77.0 Å². The van der Waals surface area contributed by atoms with E-state index in [-0.39, 0.29) is 12.5 Å². The van der Waals surface area contributed by atoms with Crippen LogP contribution in [0.15, 0.2) is 24.6 Å². The number of rotatable bonds is 15. The normalized spacial score (nSPS) is 15.0. The molecule has 0 spiro atoms. The molecule has 0 saturated carbocycles. The minimum absolute atomic E-state index is 0.0307. The number of aliphatic hydroxyl groups excluding tert-OH is 1. The van der Waals surface area contributed by atoms with Crippen LogP contribution in [0.2, 0.25) is 51.9 Å². The second-order valence-corrected chi connectivity index (χ2v) is 24.0. The first-order valence-electron chi connectivity index (χ1n) is 9.95. The van der Waals surface area contributed by atoms with Gasteiger partial charge in [0.15, 0.2) is 16.6 Å². The van der Waals surface area contributed by atoms with E-state index in [1.54, 1.807) is 0 Å². The molecule has 0 aromatic heterocycles. The van der Waals surface area contributed by atoms with E-state index in [0.717, 1.165) is 12.5 Å². The van der Waals surface area contributed by atoms with Crippen LogP contribution in [0.4, 0.5) is 0 Å². The second-order valence-electron chi connectivity index (χ2n) is 8.74. The number of aliphatic hydroxyl groups is 1. The van der Waals surface area contributed by atoms with Crippen LogP contribution >= 0.6 is 0 Å². The van der Waals surface area contributed by atoms with Crippen LogP contribution in [0.3, 0.4) is 0 Å². The summed E-state index contributed by atoms with van der Waals surface area (Å²) in [6.45, 7) is 23.1. The van der Waals surface area contributed by atoms with Crippen LogP contribution in [0.1, 0.15) is 19.3 Å².